The second kappa shape index (κ2) is 14.5. The first-order valence-electron chi connectivity index (χ1n) is 17.5. The van der Waals surface area contributed by atoms with E-state index < -0.39 is 8.60 Å². The highest BCUT2D eigenvalue weighted by molar-refractivity contribution is 7.42. The van der Waals surface area contributed by atoms with E-state index in [1.165, 1.54) is 65.5 Å². The van der Waals surface area contributed by atoms with Crippen molar-refractivity contribution in [3.05, 3.63) is 57.6 Å². The standard InChI is InChI=1S/C40H65O3P/c1-15-17-18-19-20-21-23-41-44-42-35-31(24-28(37(3,4)5)26-33(35)39(9,10)11)30(22-16-2)32-25-29(38(6,7)8)27-34(36(32)43-44)40(12,13)14/h24-27,30H,15-23H2,1-14H3. The molecule has 0 amide bonds. The maximum Gasteiger partial charge on any atom is 0.463 e. The summed E-state index contributed by atoms with van der Waals surface area (Å²) >= 11 is 0. The van der Waals surface area contributed by atoms with Gasteiger partial charge in [0.25, 0.3) is 0 Å². The monoisotopic (exact) mass is 624 g/mol. The number of rotatable bonds is 10. The third-order valence-electron chi connectivity index (χ3n) is 8.94. The van der Waals surface area contributed by atoms with Gasteiger partial charge in [0.05, 0.1) is 6.61 Å². The summed E-state index contributed by atoms with van der Waals surface area (Å²) in [5, 5.41) is 0. The first kappa shape index (κ1) is 36.9. The lowest BCUT2D eigenvalue weighted by atomic mass is 9.73. The molecule has 3 rings (SSSR count). The number of hydrogen-bond acceptors (Lipinski definition) is 3. The molecule has 0 aliphatic carbocycles. The maximum absolute atomic E-state index is 7.03. The zero-order chi connectivity index (χ0) is 33.1. The van der Waals surface area contributed by atoms with E-state index in [0.29, 0.717) is 6.61 Å². The molecule has 2 aromatic rings. The maximum atomic E-state index is 7.03. The van der Waals surface area contributed by atoms with Crippen molar-refractivity contribution in [2.24, 2.45) is 0 Å². The van der Waals surface area contributed by atoms with Gasteiger partial charge in [0.2, 0.25) is 0 Å². The van der Waals surface area contributed by atoms with Gasteiger partial charge in [0.1, 0.15) is 11.5 Å². The second-order valence-corrected chi connectivity index (χ2v) is 18.3. The molecule has 0 saturated carbocycles. The molecule has 1 aliphatic heterocycles. The third-order valence-corrected chi connectivity index (χ3v) is 9.99. The van der Waals surface area contributed by atoms with Gasteiger partial charge in [-0.2, -0.15) is 0 Å². The van der Waals surface area contributed by atoms with Gasteiger partial charge in [-0.05, 0) is 45.6 Å². The average molecular weight is 625 g/mol. The summed E-state index contributed by atoms with van der Waals surface area (Å²) in [7, 11) is -1.65. The van der Waals surface area contributed by atoms with Crippen molar-refractivity contribution >= 4 is 8.60 Å². The lowest BCUT2D eigenvalue weighted by molar-refractivity contribution is 0.252. The molecule has 4 heteroatoms. The van der Waals surface area contributed by atoms with Crippen molar-refractivity contribution in [3.63, 3.8) is 0 Å². The van der Waals surface area contributed by atoms with Crippen molar-refractivity contribution in [2.75, 3.05) is 6.61 Å². The third kappa shape index (κ3) is 9.25. The highest BCUT2D eigenvalue weighted by atomic mass is 31.2. The zero-order valence-electron chi connectivity index (χ0n) is 30.9. The predicted molar refractivity (Wildman–Crippen MR) is 192 cm³/mol. The van der Waals surface area contributed by atoms with Crippen LogP contribution in [0.5, 0.6) is 11.5 Å². The van der Waals surface area contributed by atoms with Crippen LogP contribution in [0.25, 0.3) is 0 Å². The minimum absolute atomic E-state index is 0.0102. The van der Waals surface area contributed by atoms with Gasteiger partial charge in [-0.1, -0.05) is 160 Å². The van der Waals surface area contributed by atoms with Gasteiger partial charge in [-0.15, -0.1) is 0 Å². The smallest absolute Gasteiger partial charge is 0.417 e. The van der Waals surface area contributed by atoms with Crippen molar-refractivity contribution in [3.8, 4) is 11.5 Å². The zero-order valence-corrected chi connectivity index (χ0v) is 31.8. The Morgan fingerprint density at radius 1 is 0.568 bits per heavy atom. The minimum atomic E-state index is -1.65. The van der Waals surface area contributed by atoms with Crippen LogP contribution in [0.2, 0.25) is 0 Å². The molecule has 1 aliphatic rings. The quantitative estimate of drug-likeness (QED) is 0.194. The van der Waals surface area contributed by atoms with Gasteiger partial charge in [0, 0.05) is 28.2 Å². The van der Waals surface area contributed by atoms with Crippen LogP contribution in [0.1, 0.15) is 188 Å². The highest BCUT2D eigenvalue weighted by Gasteiger charge is 2.38. The largest absolute Gasteiger partial charge is 0.463 e. The van der Waals surface area contributed by atoms with E-state index in [9.17, 15) is 0 Å². The molecule has 0 saturated heterocycles. The molecule has 0 bridgehead atoms. The molecule has 0 atom stereocenters. The van der Waals surface area contributed by atoms with E-state index in [-0.39, 0.29) is 27.6 Å². The van der Waals surface area contributed by atoms with E-state index in [4.69, 9.17) is 13.6 Å². The van der Waals surface area contributed by atoms with Crippen LogP contribution in [0.15, 0.2) is 24.3 Å². The van der Waals surface area contributed by atoms with Crippen LogP contribution >= 0.6 is 8.60 Å². The van der Waals surface area contributed by atoms with Gasteiger partial charge in [-0.25, -0.2) is 0 Å². The molecular formula is C40H65O3P. The van der Waals surface area contributed by atoms with Crippen LogP contribution in [0.4, 0.5) is 0 Å². The molecule has 2 aromatic carbocycles. The van der Waals surface area contributed by atoms with Crippen LogP contribution in [-0.2, 0) is 26.2 Å². The van der Waals surface area contributed by atoms with Crippen molar-refractivity contribution in [1.82, 2.24) is 0 Å². The Bertz CT molecular complexity index is 1150. The SMILES string of the molecule is CCCCCCCCOP1Oc2c(cc(C(C)(C)C)cc2C(C)(C)C)C(CCC)c2cc(C(C)(C)C)cc(C(C)(C)C)c2O1. The van der Waals surface area contributed by atoms with E-state index in [1.54, 1.807) is 0 Å². The number of benzene rings is 2. The number of hydrogen-bond donors (Lipinski definition) is 0. The Labute approximate surface area is 273 Å². The average Bonchev–Trinajstić information content (AvgIpc) is 2.88. The minimum Gasteiger partial charge on any atom is -0.417 e. The molecule has 0 radical (unpaired) electrons. The summed E-state index contributed by atoms with van der Waals surface area (Å²) in [6, 6.07) is 9.67. The Hall–Kier alpha value is -1.57. The summed E-state index contributed by atoms with van der Waals surface area (Å²) in [6.45, 7) is 33.0. The van der Waals surface area contributed by atoms with E-state index >= 15 is 0 Å². The fraction of sp³-hybridized carbons (Fsp3) is 0.700. The Balaban J connectivity index is 2.32. The fourth-order valence-corrected chi connectivity index (χ4v) is 7.14. The predicted octanol–water partition coefficient (Wildman–Crippen LogP) is 13.2. The van der Waals surface area contributed by atoms with Crippen molar-refractivity contribution < 1.29 is 13.6 Å². The van der Waals surface area contributed by atoms with Crippen LogP contribution in [0, 0.1) is 0 Å². The highest BCUT2D eigenvalue weighted by Crippen LogP contribution is 2.56. The lowest BCUT2D eigenvalue weighted by Gasteiger charge is -2.37. The summed E-state index contributed by atoms with van der Waals surface area (Å²) in [4.78, 5) is 0. The Morgan fingerprint density at radius 3 is 1.39 bits per heavy atom. The molecule has 1 heterocycles. The van der Waals surface area contributed by atoms with E-state index in [2.05, 4.69) is 121 Å². The normalized spacial score (nSPS) is 17.7. The molecule has 0 aromatic heterocycles. The number of fused-ring (bicyclic) bond motifs is 2. The Kier molecular flexibility index (Phi) is 12.1. The number of unbranched alkanes of at least 4 members (excludes halogenated alkanes) is 5. The molecule has 0 fully saturated rings. The van der Waals surface area contributed by atoms with Crippen LogP contribution in [-0.4, -0.2) is 6.61 Å². The summed E-state index contributed by atoms with van der Waals surface area (Å²) in [6.07, 6.45) is 9.44. The topological polar surface area (TPSA) is 27.7 Å². The molecule has 3 nitrogen and oxygen atoms in total. The van der Waals surface area contributed by atoms with E-state index in [1.807, 2.05) is 0 Å². The van der Waals surface area contributed by atoms with Gasteiger partial charge in [0.15, 0.2) is 0 Å². The van der Waals surface area contributed by atoms with Crippen LogP contribution < -0.4 is 9.05 Å². The molecule has 0 N–H and O–H groups in total. The molecule has 0 unspecified atom stereocenters. The lowest BCUT2D eigenvalue weighted by Crippen LogP contribution is -2.24. The van der Waals surface area contributed by atoms with Gasteiger partial charge < -0.3 is 9.05 Å². The van der Waals surface area contributed by atoms with Gasteiger partial charge >= 0.3 is 8.60 Å². The summed E-state index contributed by atoms with van der Waals surface area (Å²) in [5.74, 6) is 2.11. The van der Waals surface area contributed by atoms with Crippen molar-refractivity contribution in [2.45, 2.75) is 176 Å². The van der Waals surface area contributed by atoms with Crippen molar-refractivity contribution in [1.29, 1.82) is 0 Å². The first-order chi connectivity index (χ1) is 20.3. The van der Waals surface area contributed by atoms with Gasteiger partial charge in [-0.3, -0.25) is 4.52 Å². The fourth-order valence-electron chi connectivity index (χ4n) is 6.01. The van der Waals surface area contributed by atoms with Crippen LogP contribution in [0.3, 0.4) is 0 Å². The molecule has 248 valence electrons. The molecule has 0 spiro atoms. The first-order valence-corrected chi connectivity index (χ1v) is 18.5. The Morgan fingerprint density at radius 2 is 1.00 bits per heavy atom. The second-order valence-electron chi connectivity index (χ2n) is 17.2. The molecular weight excluding hydrogens is 559 g/mol. The molecule has 44 heavy (non-hydrogen) atoms. The summed E-state index contributed by atoms with van der Waals surface area (Å²) < 4.78 is 20.6. The summed E-state index contributed by atoms with van der Waals surface area (Å²) in [5.41, 5.74) is 7.59. The van der Waals surface area contributed by atoms with E-state index in [0.717, 1.165) is 30.8 Å².